The Labute approximate surface area is 115 Å². The van der Waals surface area contributed by atoms with Crippen molar-refractivity contribution in [1.82, 2.24) is 9.38 Å². The average molecular weight is 289 g/mol. The van der Waals surface area contributed by atoms with Crippen LogP contribution in [0.4, 0.5) is 5.69 Å². The number of aromatic carboxylic acids is 1. The normalized spacial score (nSPS) is 10.8. The second kappa shape index (κ2) is 4.42. The van der Waals surface area contributed by atoms with Crippen molar-refractivity contribution in [2.45, 2.75) is 0 Å². The van der Waals surface area contributed by atoms with Crippen molar-refractivity contribution in [1.29, 1.82) is 0 Å². The fourth-order valence-electron chi connectivity index (χ4n) is 1.93. The average Bonchev–Trinajstić information content (AvgIpc) is 2.98. The molecule has 0 spiro atoms. The van der Waals surface area contributed by atoms with Gasteiger partial charge in [-0.3, -0.25) is 14.5 Å². The SMILES string of the molecule is O=C(O)c1cn2c(-c3ccccc3[N+](=O)[O-])csc2n1. The quantitative estimate of drug-likeness (QED) is 0.590. The van der Waals surface area contributed by atoms with E-state index in [4.69, 9.17) is 5.11 Å². The Morgan fingerprint density at radius 3 is 2.85 bits per heavy atom. The third-order valence-electron chi connectivity index (χ3n) is 2.80. The monoisotopic (exact) mass is 289 g/mol. The van der Waals surface area contributed by atoms with E-state index in [1.807, 2.05) is 0 Å². The van der Waals surface area contributed by atoms with Crippen LogP contribution in [0, 0.1) is 10.1 Å². The Hall–Kier alpha value is -2.74. The molecule has 0 saturated carbocycles. The molecule has 0 radical (unpaired) electrons. The number of aromatic nitrogens is 2. The van der Waals surface area contributed by atoms with E-state index in [1.165, 1.54) is 23.6 Å². The van der Waals surface area contributed by atoms with Gasteiger partial charge in [0.05, 0.1) is 16.2 Å². The Bertz CT molecular complexity index is 836. The molecule has 20 heavy (non-hydrogen) atoms. The first-order valence-electron chi connectivity index (χ1n) is 5.51. The molecule has 0 fully saturated rings. The van der Waals surface area contributed by atoms with E-state index in [-0.39, 0.29) is 11.4 Å². The molecular weight excluding hydrogens is 282 g/mol. The zero-order valence-corrected chi connectivity index (χ0v) is 10.7. The van der Waals surface area contributed by atoms with Crippen LogP contribution in [0.5, 0.6) is 0 Å². The van der Waals surface area contributed by atoms with Crippen LogP contribution >= 0.6 is 11.3 Å². The number of rotatable bonds is 3. The van der Waals surface area contributed by atoms with Crippen molar-refractivity contribution in [3.63, 3.8) is 0 Å². The smallest absolute Gasteiger partial charge is 0.356 e. The summed E-state index contributed by atoms with van der Waals surface area (Å²) in [6.45, 7) is 0. The van der Waals surface area contributed by atoms with Gasteiger partial charge in [0.25, 0.3) is 5.69 Å². The maximum atomic E-state index is 11.1. The summed E-state index contributed by atoms with van der Waals surface area (Å²) in [5.41, 5.74) is 0.866. The second-order valence-corrected chi connectivity index (χ2v) is 4.82. The van der Waals surface area contributed by atoms with Crippen LogP contribution in [0.2, 0.25) is 0 Å². The molecule has 1 N–H and O–H groups in total. The molecule has 3 aromatic rings. The summed E-state index contributed by atoms with van der Waals surface area (Å²) in [7, 11) is 0. The second-order valence-electron chi connectivity index (χ2n) is 3.98. The molecule has 1 aromatic carbocycles. The van der Waals surface area contributed by atoms with Crippen molar-refractivity contribution >= 4 is 28.0 Å². The summed E-state index contributed by atoms with van der Waals surface area (Å²) in [6.07, 6.45) is 1.36. The highest BCUT2D eigenvalue weighted by molar-refractivity contribution is 7.15. The summed E-state index contributed by atoms with van der Waals surface area (Å²) in [6, 6.07) is 6.32. The van der Waals surface area contributed by atoms with Gasteiger partial charge in [0.15, 0.2) is 10.7 Å². The number of imidazole rings is 1. The maximum absolute atomic E-state index is 11.1. The summed E-state index contributed by atoms with van der Waals surface area (Å²) in [5.74, 6) is -1.13. The molecule has 0 aliphatic heterocycles. The van der Waals surface area contributed by atoms with E-state index >= 15 is 0 Å². The topological polar surface area (TPSA) is 97.7 Å². The van der Waals surface area contributed by atoms with E-state index in [0.717, 1.165) is 0 Å². The van der Waals surface area contributed by atoms with Crippen LogP contribution in [0.1, 0.15) is 10.5 Å². The van der Waals surface area contributed by atoms with Gasteiger partial charge in [-0.15, -0.1) is 11.3 Å². The fourth-order valence-corrected chi connectivity index (χ4v) is 2.80. The third kappa shape index (κ3) is 1.82. The summed E-state index contributed by atoms with van der Waals surface area (Å²) < 4.78 is 1.55. The van der Waals surface area contributed by atoms with Gasteiger partial charge in [-0.05, 0) is 6.07 Å². The van der Waals surface area contributed by atoms with Crippen LogP contribution < -0.4 is 0 Å². The highest BCUT2D eigenvalue weighted by Crippen LogP contribution is 2.32. The fraction of sp³-hybridized carbons (Fsp3) is 0. The number of nitro groups is 1. The number of carboxylic acids is 1. The molecule has 0 atom stereocenters. The number of nitrogens with zero attached hydrogens (tertiary/aromatic N) is 3. The van der Waals surface area contributed by atoms with Gasteiger partial charge < -0.3 is 5.11 Å². The van der Waals surface area contributed by atoms with Gasteiger partial charge in [-0.2, -0.15) is 0 Å². The van der Waals surface area contributed by atoms with Crippen molar-refractivity contribution in [2.24, 2.45) is 0 Å². The van der Waals surface area contributed by atoms with E-state index in [9.17, 15) is 14.9 Å². The lowest BCUT2D eigenvalue weighted by Gasteiger charge is -2.01. The molecule has 0 amide bonds. The lowest BCUT2D eigenvalue weighted by atomic mass is 10.1. The van der Waals surface area contributed by atoms with Crippen LogP contribution in [0.15, 0.2) is 35.8 Å². The molecule has 2 heterocycles. The van der Waals surface area contributed by atoms with Gasteiger partial charge >= 0.3 is 5.97 Å². The Morgan fingerprint density at radius 1 is 1.40 bits per heavy atom. The lowest BCUT2D eigenvalue weighted by Crippen LogP contribution is -1.96. The summed E-state index contributed by atoms with van der Waals surface area (Å²) >= 11 is 1.23. The molecular formula is C12H7N3O4S. The number of carboxylic acid groups (broad SMARTS) is 1. The number of benzene rings is 1. The first-order chi connectivity index (χ1) is 9.58. The maximum Gasteiger partial charge on any atom is 0.356 e. The van der Waals surface area contributed by atoms with E-state index in [0.29, 0.717) is 16.2 Å². The van der Waals surface area contributed by atoms with Crippen molar-refractivity contribution in [3.8, 4) is 11.3 Å². The molecule has 0 saturated heterocycles. The number of para-hydroxylation sites is 1. The molecule has 7 nitrogen and oxygen atoms in total. The van der Waals surface area contributed by atoms with Gasteiger partial charge in [0, 0.05) is 17.6 Å². The van der Waals surface area contributed by atoms with Crippen molar-refractivity contribution in [3.05, 3.63) is 51.7 Å². The zero-order valence-electron chi connectivity index (χ0n) is 9.89. The zero-order chi connectivity index (χ0) is 14.3. The predicted molar refractivity (Wildman–Crippen MR) is 72.1 cm³/mol. The number of fused-ring (bicyclic) bond motifs is 1. The largest absolute Gasteiger partial charge is 0.476 e. The molecule has 0 unspecified atom stereocenters. The first kappa shape index (κ1) is 12.3. The number of carbonyl (C=O) groups is 1. The van der Waals surface area contributed by atoms with Gasteiger partial charge in [-0.25, -0.2) is 9.78 Å². The molecule has 100 valence electrons. The van der Waals surface area contributed by atoms with Crippen molar-refractivity contribution in [2.75, 3.05) is 0 Å². The van der Waals surface area contributed by atoms with Crippen LogP contribution in [0.25, 0.3) is 16.2 Å². The summed E-state index contributed by atoms with van der Waals surface area (Å²) in [5, 5.41) is 21.7. The molecule has 3 rings (SSSR count). The van der Waals surface area contributed by atoms with E-state index < -0.39 is 10.9 Å². The highest BCUT2D eigenvalue weighted by atomic mass is 32.1. The highest BCUT2D eigenvalue weighted by Gasteiger charge is 2.19. The summed E-state index contributed by atoms with van der Waals surface area (Å²) in [4.78, 5) is 25.9. The number of thiazole rings is 1. The number of hydrogen-bond donors (Lipinski definition) is 1. The van der Waals surface area contributed by atoms with Crippen LogP contribution in [-0.4, -0.2) is 25.4 Å². The predicted octanol–water partition coefficient (Wildman–Crippen LogP) is 2.67. The number of nitro benzene ring substituents is 1. The molecule has 0 aliphatic rings. The third-order valence-corrected chi connectivity index (χ3v) is 3.64. The standard InChI is InChI=1S/C12H7N3O4S/c16-11(17)8-5-14-10(6-20-12(14)13-8)7-3-1-2-4-9(7)15(18)19/h1-6H,(H,16,17). The molecule has 0 bridgehead atoms. The van der Waals surface area contributed by atoms with E-state index in [2.05, 4.69) is 4.98 Å². The Balaban J connectivity index is 2.25. The number of hydrogen-bond acceptors (Lipinski definition) is 5. The van der Waals surface area contributed by atoms with Crippen molar-refractivity contribution < 1.29 is 14.8 Å². The first-order valence-corrected chi connectivity index (χ1v) is 6.39. The minimum atomic E-state index is -1.13. The lowest BCUT2D eigenvalue weighted by molar-refractivity contribution is -0.384. The van der Waals surface area contributed by atoms with Gasteiger partial charge in [0.2, 0.25) is 0 Å². The molecule has 8 heteroatoms. The Morgan fingerprint density at radius 2 is 2.15 bits per heavy atom. The minimum absolute atomic E-state index is 0.0298. The van der Waals surface area contributed by atoms with Gasteiger partial charge in [-0.1, -0.05) is 12.1 Å². The van der Waals surface area contributed by atoms with Crippen LogP contribution in [-0.2, 0) is 0 Å². The Kier molecular flexibility index (Phi) is 2.72. The minimum Gasteiger partial charge on any atom is -0.476 e. The molecule has 2 aromatic heterocycles. The van der Waals surface area contributed by atoms with E-state index in [1.54, 1.807) is 28.0 Å². The van der Waals surface area contributed by atoms with Crippen LogP contribution in [0.3, 0.4) is 0 Å². The van der Waals surface area contributed by atoms with Gasteiger partial charge in [0.1, 0.15) is 0 Å². The molecule has 0 aliphatic carbocycles.